The summed E-state index contributed by atoms with van der Waals surface area (Å²) in [6.07, 6.45) is 0.368. The van der Waals surface area contributed by atoms with Crippen molar-refractivity contribution in [2.45, 2.75) is 52.3 Å². The molecule has 1 aliphatic rings. The number of carbonyl (C=O) groups excluding carboxylic acids is 1. The molecule has 1 N–H and O–H groups in total. The van der Waals surface area contributed by atoms with Gasteiger partial charge in [0, 0.05) is 24.0 Å². The Morgan fingerprint density at radius 3 is 2.70 bits per heavy atom. The number of ether oxygens (including phenoxy) is 1. The Balaban J connectivity index is 1.86. The number of alkyl carbamates (subject to hydrolysis) is 1. The molecular formula is C17H20Cl2N2O2. The van der Waals surface area contributed by atoms with Gasteiger partial charge in [-0.25, -0.2) is 4.79 Å². The number of rotatable bonds is 1. The zero-order valence-corrected chi connectivity index (χ0v) is 15.2. The maximum Gasteiger partial charge on any atom is 0.407 e. The number of nitrogens with zero attached hydrogens (tertiary/aromatic N) is 1. The summed E-state index contributed by atoms with van der Waals surface area (Å²) in [7, 11) is 0. The highest BCUT2D eigenvalue weighted by atomic mass is 35.5. The lowest BCUT2D eigenvalue weighted by atomic mass is 10.1. The minimum atomic E-state index is -0.503. The summed E-state index contributed by atoms with van der Waals surface area (Å²) in [5, 5.41) is 5.16. The Bertz CT molecular complexity index is 790. The maximum atomic E-state index is 12.0. The predicted octanol–water partition coefficient (Wildman–Crippen LogP) is 4.71. The Kier molecular flexibility index (Phi) is 4.01. The van der Waals surface area contributed by atoms with Gasteiger partial charge in [0.05, 0.1) is 21.6 Å². The van der Waals surface area contributed by atoms with Gasteiger partial charge in [-0.2, -0.15) is 0 Å². The van der Waals surface area contributed by atoms with Crippen molar-refractivity contribution >= 4 is 40.2 Å². The van der Waals surface area contributed by atoms with E-state index in [1.165, 1.54) is 11.3 Å². The SMILES string of the molecule is Cc1c2n(c3c(Cl)c(Cl)ccc13)CC(NC(=O)OC(C)(C)C)C2. The Hall–Kier alpha value is -1.39. The van der Waals surface area contributed by atoms with Crippen molar-refractivity contribution in [2.75, 3.05) is 0 Å². The topological polar surface area (TPSA) is 43.3 Å². The third kappa shape index (κ3) is 3.02. The van der Waals surface area contributed by atoms with Crippen LogP contribution >= 0.6 is 23.2 Å². The first kappa shape index (κ1) is 16.5. The normalized spacial score (nSPS) is 17.4. The maximum absolute atomic E-state index is 12.0. The number of nitrogens with one attached hydrogen (secondary N) is 1. The lowest BCUT2D eigenvalue weighted by Gasteiger charge is -2.21. The highest BCUT2D eigenvalue weighted by Crippen LogP contribution is 2.38. The molecule has 124 valence electrons. The summed E-state index contributed by atoms with van der Waals surface area (Å²) >= 11 is 12.6. The molecule has 0 saturated heterocycles. The Morgan fingerprint density at radius 1 is 1.35 bits per heavy atom. The van der Waals surface area contributed by atoms with Gasteiger partial charge >= 0.3 is 6.09 Å². The van der Waals surface area contributed by atoms with Gasteiger partial charge in [0.2, 0.25) is 0 Å². The van der Waals surface area contributed by atoms with Crippen LogP contribution in [0.4, 0.5) is 4.79 Å². The molecule has 0 fully saturated rings. The van der Waals surface area contributed by atoms with Crippen molar-refractivity contribution in [3.63, 3.8) is 0 Å². The molecular weight excluding hydrogens is 335 g/mol. The van der Waals surface area contributed by atoms with E-state index in [1.807, 2.05) is 32.9 Å². The average Bonchev–Trinajstić information content (AvgIpc) is 2.91. The molecule has 0 saturated carbocycles. The van der Waals surface area contributed by atoms with Crippen LogP contribution in [0.15, 0.2) is 12.1 Å². The fraction of sp³-hybridized carbons (Fsp3) is 0.471. The number of fused-ring (bicyclic) bond motifs is 3. The first-order valence-electron chi connectivity index (χ1n) is 7.62. The van der Waals surface area contributed by atoms with E-state index in [1.54, 1.807) is 0 Å². The van der Waals surface area contributed by atoms with Crippen LogP contribution in [0.5, 0.6) is 0 Å². The molecule has 2 heterocycles. The number of halogens is 2. The van der Waals surface area contributed by atoms with Crippen molar-refractivity contribution in [3.05, 3.63) is 33.4 Å². The van der Waals surface area contributed by atoms with Crippen molar-refractivity contribution in [3.8, 4) is 0 Å². The van der Waals surface area contributed by atoms with E-state index >= 15 is 0 Å². The van der Waals surface area contributed by atoms with Gasteiger partial charge in [-0.1, -0.05) is 29.3 Å². The Labute approximate surface area is 145 Å². The second-order valence-electron chi connectivity index (χ2n) is 6.99. The minimum Gasteiger partial charge on any atom is -0.444 e. The molecule has 0 radical (unpaired) electrons. The Morgan fingerprint density at radius 2 is 2.04 bits per heavy atom. The molecule has 0 aliphatic carbocycles. The summed E-state index contributed by atoms with van der Waals surface area (Å²) in [5.41, 5.74) is 2.81. The quantitative estimate of drug-likeness (QED) is 0.805. The molecule has 6 heteroatoms. The molecule has 1 atom stereocenters. The number of hydrogen-bond acceptors (Lipinski definition) is 2. The van der Waals surface area contributed by atoms with Crippen LogP contribution in [0.2, 0.25) is 10.0 Å². The highest BCUT2D eigenvalue weighted by molar-refractivity contribution is 6.45. The predicted molar refractivity (Wildman–Crippen MR) is 93.6 cm³/mol. The van der Waals surface area contributed by atoms with Gasteiger partial charge in [0.15, 0.2) is 0 Å². The first-order chi connectivity index (χ1) is 10.7. The van der Waals surface area contributed by atoms with Crippen molar-refractivity contribution in [1.82, 2.24) is 9.88 Å². The fourth-order valence-electron chi connectivity index (χ4n) is 3.15. The van der Waals surface area contributed by atoms with E-state index in [4.69, 9.17) is 27.9 Å². The molecule has 1 aliphatic heterocycles. The molecule has 23 heavy (non-hydrogen) atoms. The fourth-order valence-corrected chi connectivity index (χ4v) is 3.57. The van der Waals surface area contributed by atoms with E-state index < -0.39 is 5.60 Å². The van der Waals surface area contributed by atoms with Gasteiger partial charge in [-0.3, -0.25) is 0 Å². The summed E-state index contributed by atoms with van der Waals surface area (Å²) in [6, 6.07) is 3.82. The number of benzene rings is 1. The largest absolute Gasteiger partial charge is 0.444 e. The van der Waals surface area contributed by atoms with E-state index in [0.29, 0.717) is 16.6 Å². The number of amides is 1. The monoisotopic (exact) mass is 354 g/mol. The van der Waals surface area contributed by atoms with Crippen LogP contribution in [0.3, 0.4) is 0 Å². The molecule has 3 rings (SSSR count). The van der Waals surface area contributed by atoms with Crippen molar-refractivity contribution in [2.24, 2.45) is 0 Å². The van der Waals surface area contributed by atoms with E-state index in [2.05, 4.69) is 16.8 Å². The van der Waals surface area contributed by atoms with Crippen LogP contribution in [0, 0.1) is 6.92 Å². The second-order valence-corrected chi connectivity index (χ2v) is 7.77. The zero-order valence-electron chi connectivity index (χ0n) is 13.7. The van der Waals surface area contributed by atoms with Gasteiger partial charge in [-0.15, -0.1) is 0 Å². The van der Waals surface area contributed by atoms with E-state index in [0.717, 1.165) is 17.3 Å². The van der Waals surface area contributed by atoms with Crippen molar-refractivity contribution < 1.29 is 9.53 Å². The van der Waals surface area contributed by atoms with Crippen LogP contribution in [0.25, 0.3) is 10.9 Å². The number of aromatic nitrogens is 1. The van der Waals surface area contributed by atoms with Crippen LogP contribution in [-0.2, 0) is 17.7 Å². The summed E-state index contributed by atoms with van der Waals surface area (Å²) in [4.78, 5) is 12.0. The second kappa shape index (κ2) is 5.60. The summed E-state index contributed by atoms with van der Waals surface area (Å²) < 4.78 is 7.48. The number of hydrogen-bond donors (Lipinski definition) is 1. The highest BCUT2D eigenvalue weighted by Gasteiger charge is 2.29. The molecule has 1 aromatic carbocycles. The van der Waals surface area contributed by atoms with Crippen LogP contribution in [0.1, 0.15) is 32.0 Å². The molecule has 0 bridgehead atoms. The van der Waals surface area contributed by atoms with Crippen molar-refractivity contribution in [1.29, 1.82) is 0 Å². The molecule has 4 nitrogen and oxygen atoms in total. The molecule has 0 spiro atoms. The first-order valence-corrected chi connectivity index (χ1v) is 8.38. The number of carbonyl (C=O) groups is 1. The molecule has 1 unspecified atom stereocenters. The average molecular weight is 355 g/mol. The lowest BCUT2D eigenvalue weighted by Crippen LogP contribution is -2.39. The third-order valence-electron chi connectivity index (χ3n) is 4.07. The lowest BCUT2D eigenvalue weighted by molar-refractivity contribution is 0.0504. The van der Waals surface area contributed by atoms with Gasteiger partial charge in [-0.05, 0) is 39.3 Å². The third-order valence-corrected chi connectivity index (χ3v) is 4.86. The van der Waals surface area contributed by atoms with Crippen LogP contribution < -0.4 is 5.32 Å². The van der Waals surface area contributed by atoms with Gasteiger partial charge in [0.1, 0.15) is 5.60 Å². The summed E-state index contributed by atoms with van der Waals surface area (Å²) in [6.45, 7) is 8.30. The zero-order chi connectivity index (χ0) is 16.9. The number of aryl methyl sites for hydroxylation is 1. The van der Waals surface area contributed by atoms with Gasteiger partial charge < -0.3 is 14.6 Å². The smallest absolute Gasteiger partial charge is 0.407 e. The van der Waals surface area contributed by atoms with Gasteiger partial charge in [0.25, 0.3) is 0 Å². The standard InChI is InChI=1S/C17H20Cl2N2O2/c1-9-11-5-6-12(18)14(19)15(11)21-8-10(7-13(9)21)20-16(22)23-17(2,3)4/h5-6,10H,7-8H2,1-4H3,(H,20,22). The molecule has 1 amide bonds. The molecule has 1 aromatic heterocycles. The minimum absolute atomic E-state index is 0.00185. The van der Waals surface area contributed by atoms with E-state index in [-0.39, 0.29) is 12.1 Å². The molecule has 2 aromatic rings. The van der Waals surface area contributed by atoms with Crippen LogP contribution in [-0.4, -0.2) is 22.3 Å². The van der Waals surface area contributed by atoms with E-state index in [9.17, 15) is 4.79 Å². The summed E-state index contributed by atoms with van der Waals surface area (Å²) in [5.74, 6) is 0.